The second kappa shape index (κ2) is 13.3. The van der Waals surface area contributed by atoms with Gasteiger partial charge < -0.3 is 10.2 Å². The summed E-state index contributed by atoms with van der Waals surface area (Å²) in [6, 6.07) is 20.8. The van der Waals surface area contributed by atoms with Crippen LogP contribution in [0.5, 0.6) is 0 Å². The zero-order chi connectivity index (χ0) is 29.6. The standard InChI is InChI=1S/C33H41N3O4S/c1-24-16-18-31(19-17-24)41(39,40)36(30-15-9-11-26(3)21-30)23-32(37)35(22-28-12-8-10-25(2)20-28)27(4)33(38)34-29-13-6-5-7-14-29/h8-12,15-21,27,29H,5-7,13-14,22-23H2,1-4H3,(H,34,38). The number of carbonyl (C=O) groups excluding carboxylic acids is 2. The highest BCUT2D eigenvalue weighted by Crippen LogP contribution is 2.26. The fraction of sp³-hybridized carbons (Fsp3) is 0.394. The molecule has 0 aliphatic heterocycles. The van der Waals surface area contributed by atoms with E-state index in [0.717, 1.165) is 52.2 Å². The van der Waals surface area contributed by atoms with Crippen LogP contribution in [0.3, 0.4) is 0 Å². The van der Waals surface area contributed by atoms with Gasteiger partial charge in [-0.15, -0.1) is 0 Å². The molecule has 1 saturated carbocycles. The molecule has 0 heterocycles. The van der Waals surface area contributed by atoms with Gasteiger partial charge in [-0.2, -0.15) is 0 Å². The van der Waals surface area contributed by atoms with Crippen molar-refractivity contribution < 1.29 is 18.0 Å². The van der Waals surface area contributed by atoms with E-state index >= 15 is 0 Å². The first kappa shape index (κ1) is 30.3. The molecule has 1 unspecified atom stereocenters. The van der Waals surface area contributed by atoms with Gasteiger partial charge in [0.05, 0.1) is 10.6 Å². The van der Waals surface area contributed by atoms with E-state index in [1.54, 1.807) is 49.4 Å². The van der Waals surface area contributed by atoms with Gasteiger partial charge in [0.15, 0.2) is 0 Å². The van der Waals surface area contributed by atoms with E-state index in [4.69, 9.17) is 0 Å². The van der Waals surface area contributed by atoms with Crippen molar-refractivity contribution in [1.82, 2.24) is 10.2 Å². The largest absolute Gasteiger partial charge is 0.352 e. The number of nitrogens with zero attached hydrogens (tertiary/aromatic N) is 2. The van der Waals surface area contributed by atoms with Crippen LogP contribution in [0.15, 0.2) is 77.7 Å². The summed E-state index contributed by atoms with van der Waals surface area (Å²) in [4.78, 5) is 29.1. The van der Waals surface area contributed by atoms with E-state index < -0.39 is 28.5 Å². The lowest BCUT2D eigenvalue weighted by Gasteiger charge is -2.33. The Morgan fingerprint density at radius 1 is 0.854 bits per heavy atom. The second-order valence-corrected chi connectivity index (χ2v) is 13.1. The number of hydrogen-bond donors (Lipinski definition) is 1. The summed E-state index contributed by atoms with van der Waals surface area (Å²) in [5, 5.41) is 3.14. The molecule has 1 aliphatic rings. The fourth-order valence-electron chi connectivity index (χ4n) is 5.31. The van der Waals surface area contributed by atoms with Gasteiger partial charge in [-0.25, -0.2) is 8.42 Å². The number of benzene rings is 3. The minimum absolute atomic E-state index is 0.0975. The van der Waals surface area contributed by atoms with Crippen LogP contribution < -0.4 is 9.62 Å². The molecule has 3 aromatic carbocycles. The smallest absolute Gasteiger partial charge is 0.264 e. The van der Waals surface area contributed by atoms with Crippen molar-refractivity contribution in [2.75, 3.05) is 10.8 Å². The van der Waals surface area contributed by atoms with Crippen LogP contribution in [0.25, 0.3) is 0 Å². The molecule has 0 aromatic heterocycles. The first-order chi connectivity index (χ1) is 19.5. The molecule has 1 aliphatic carbocycles. The number of sulfonamides is 1. The predicted molar refractivity (Wildman–Crippen MR) is 163 cm³/mol. The molecule has 218 valence electrons. The molecule has 1 fully saturated rings. The van der Waals surface area contributed by atoms with E-state index in [1.807, 2.05) is 51.1 Å². The normalized spacial score (nSPS) is 14.7. The minimum Gasteiger partial charge on any atom is -0.352 e. The number of nitrogens with one attached hydrogen (secondary N) is 1. The Hall–Kier alpha value is -3.65. The Balaban J connectivity index is 1.68. The number of rotatable bonds is 10. The SMILES string of the molecule is Cc1ccc(S(=O)(=O)N(CC(=O)N(Cc2cccc(C)c2)C(C)C(=O)NC2CCCCC2)c2cccc(C)c2)cc1. The first-order valence-electron chi connectivity index (χ1n) is 14.4. The van der Waals surface area contributed by atoms with Crippen LogP contribution in [0.4, 0.5) is 5.69 Å². The van der Waals surface area contributed by atoms with Crippen LogP contribution in [-0.2, 0) is 26.2 Å². The topological polar surface area (TPSA) is 86.8 Å². The number of hydrogen-bond acceptors (Lipinski definition) is 4. The molecular weight excluding hydrogens is 534 g/mol. The van der Waals surface area contributed by atoms with Crippen LogP contribution in [-0.4, -0.2) is 43.8 Å². The van der Waals surface area contributed by atoms with E-state index in [1.165, 1.54) is 11.3 Å². The van der Waals surface area contributed by atoms with Gasteiger partial charge in [-0.3, -0.25) is 13.9 Å². The highest BCUT2D eigenvalue weighted by molar-refractivity contribution is 7.92. The lowest BCUT2D eigenvalue weighted by Crippen LogP contribution is -2.53. The Kier molecular flexibility index (Phi) is 9.86. The number of carbonyl (C=O) groups is 2. The van der Waals surface area contributed by atoms with Gasteiger partial charge >= 0.3 is 0 Å². The predicted octanol–water partition coefficient (Wildman–Crippen LogP) is 5.67. The van der Waals surface area contributed by atoms with Crippen LogP contribution in [0.1, 0.15) is 61.3 Å². The highest BCUT2D eigenvalue weighted by Gasteiger charge is 2.33. The summed E-state index contributed by atoms with van der Waals surface area (Å²) in [5.41, 5.74) is 4.12. The summed E-state index contributed by atoms with van der Waals surface area (Å²) in [6.45, 7) is 7.21. The Morgan fingerprint density at radius 2 is 1.49 bits per heavy atom. The zero-order valence-corrected chi connectivity index (χ0v) is 25.3. The lowest BCUT2D eigenvalue weighted by atomic mass is 9.95. The van der Waals surface area contributed by atoms with Crippen molar-refractivity contribution in [3.63, 3.8) is 0 Å². The highest BCUT2D eigenvalue weighted by atomic mass is 32.2. The average molecular weight is 576 g/mol. The van der Waals surface area contributed by atoms with Crippen molar-refractivity contribution in [2.24, 2.45) is 0 Å². The van der Waals surface area contributed by atoms with Crippen LogP contribution in [0, 0.1) is 20.8 Å². The fourth-order valence-corrected chi connectivity index (χ4v) is 6.71. The lowest BCUT2D eigenvalue weighted by molar-refractivity contribution is -0.139. The molecule has 1 N–H and O–H groups in total. The number of aryl methyl sites for hydroxylation is 3. The molecule has 7 nitrogen and oxygen atoms in total. The van der Waals surface area contributed by atoms with E-state index in [-0.39, 0.29) is 23.4 Å². The average Bonchev–Trinajstić information content (AvgIpc) is 2.95. The van der Waals surface area contributed by atoms with E-state index in [9.17, 15) is 18.0 Å². The van der Waals surface area contributed by atoms with Gasteiger partial charge in [0.25, 0.3) is 10.0 Å². The number of anilines is 1. The molecule has 1 atom stereocenters. The van der Waals surface area contributed by atoms with Gasteiger partial charge in [0.2, 0.25) is 11.8 Å². The maximum absolute atomic E-state index is 14.1. The molecule has 0 radical (unpaired) electrons. The van der Waals surface area contributed by atoms with E-state index in [2.05, 4.69) is 5.32 Å². The zero-order valence-electron chi connectivity index (χ0n) is 24.5. The maximum Gasteiger partial charge on any atom is 0.264 e. The molecule has 41 heavy (non-hydrogen) atoms. The van der Waals surface area contributed by atoms with Crippen molar-refractivity contribution in [2.45, 2.75) is 83.3 Å². The molecule has 4 rings (SSSR count). The van der Waals surface area contributed by atoms with E-state index in [0.29, 0.717) is 5.69 Å². The van der Waals surface area contributed by atoms with Crippen LogP contribution in [0.2, 0.25) is 0 Å². The molecule has 0 spiro atoms. The Labute approximate surface area is 244 Å². The summed E-state index contributed by atoms with van der Waals surface area (Å²) in [5.74, 6) is -0.670. The molecule has 0 saturated heterocycles. The van der Waals surface area contributed by atoms with Gasteiger partial charge in [0, 0.05) is 12.6 Å². The second-order valence-electron chi connectivity index (χ2n) is 11.2. The summed E-state index contributed by atoms with van der Waals surface area (Å²) in [6.07, 6.45) is 5.19. The molecule has 0 bridgehead atoms. The van der Waals surface area contributed by atoms with Gasteiger partial charge in [0.1, 0.15) is 12.6 Å². The maximum atomic E-state index is 14.1. The molecule has 8 heteroatoms. The summed E-state index contributed by atoms with van der Waals surface area (Å²) >= 11 is 0. The summed E-state index contributed by atoms with van der Waals surface area (Å²) in [7, 11) is -4.08. The summed E-state index contributed by atoms with van der Waals surface area (Å²) < 4.78 is 29.1. The third-order valence-corrected chi connectivity index (χ3v) is 9.52. The third-order valence-electron chi connectivity index (χ3n) is 7.73. The van der Waals surface area contributed by atoms with Crippen molar-refractivity contribution in [3.05, 3.63) is 95.1 Å². The monoisotopic (exact) mass is 575 g/mol. The minimum atomic E-state index is -4.08. The quantitative estimate of drug-likeness (QED) is 0.337. The van der Waals surface area contributed by atoms with Gasteiger partial charge in [-0.1, -0.05) is 78.9 Å². The Morgan fingerprint density at radius 3 is 2.12 bits per heavy atom. The van der Waals surface area contributed by atoms with Crippen molar-refractivity contribution >= 4 is 27.5 Å². The first-order valence-corrected chi connectivity index (χ1v) is 15.8. The molecule has 3 aromatic rings. The molecule has 2 amide bonds. The van der Waals surface area contributed by atoms with Gasteiger partial charge in [-0.05, 0) is 75.9 Å². The van der Waals surface area contributed by atoms with Crippen molar-refractivity contribution in [1.29, 1.82) is 0 Å². The van der Waals surface area contributed by atoms with Crippen molar-refractivity contribution in [3.8, 4) is 0 Å². The Bertz CT molecular complexity index is 1460. The third kappa shape index (κ3) is 7.76. The number of amides is 2. The van der Waals surface area contributed by atoms with Crippen LogP contribution >= 0.6 is 0 Å². The molecular formula is C33H41N3O4S.